The lowest BCUT2D eigenvalue weighted by atomic mass is 10.1. The molecule has 0 aliphatic carbocycles. The minimum Gasteiger partial charge on any atom is -0.485 e. The van der Waals surface area contributed by atoms with Crippen molar-refractivity contribution >= 4 is 22.6 Å². The summed E-state index contributed by atoms with van der Waals surface area (Å²) in [6.45, 7) is 3.99. The van der Waals surface area contributed by atoms with Crippen LogP contribution < -0.4 is 15.3 Å². The van der Waals surface area contributed by atoms with E-state index in [-0.39, 0.29) is 17.6 Å². The molecule has 0 saturated heterocycles. The van der Waals surface area contributed by atoms with Crippen molar-refractivity contribution in [3.8, 4) is 5.75 Å². The molecule has 1 amide bonds. The van der Waals surface area contributed by atoms with E-state index in [0.29, 0.717) is 18.7 Å². The Kier molecular flexibility index (Phi) is 4.77. The molecule has 0 spiro atoms. The fourth-order valence-electron chi connectivity index (χ4n) is 3.58. The minimum absolute atomic E-state index is 0.0322. The Hall–Kier alpha value is -3.28. The summed E-state index contributed by atoms with van der Waals surface area (Å²) in [7, 11) is 1.68. The van der Waals surface area contributed by atoms with Crippen LogP contribution in [0.4, 0.5) is 5.69 Å². The second kappa shape index (κ2) is 7.38. The maximum atomic E-state index is 12.9. The number of carbonyl (C=O) groups is 1. The maximum absolute atomic E-state index is 12.9. The number of fused-ring (bicyclic) bond motifs is 2. The molecule has 144 valence electrons. The molecular weight excluding hydrogens is 356 g/mol. The molecule has 28 heavy (non-hydrogen) atoms. The van der Waals surface area contributed by atoms with Gasteiger partial charge in [-0.15, -0.1) is 0 Å². The Morgan fingerprint density at radius 3 is 2.75 bits per heavy atom. The average molecular weight is 378 g/mol. The summed E-state index contributed by atoms with van der Waals surface area (Å²) in [5, 5.41) is 0.721. The van der Waals surface area contributed by atoms with Gasteiger partial charge >= 0.3 is 5.63 Å². The third kappa shape index (κ3) is 3.33. The first kappa shape index (κ1) is 18.1. The predicted octanol–water partition coefficient (Wildman–Crippen LogP) is 3.15. The van der Waals surface area contributed by atoms with Crippen LogP contribution in [0, 0.1) is 0 Å². The summed E-state index contributed by atoms with van der Waals surface area (Å²) in [5.41, 5.74) is 0.938. The Balaban J connectivity index is 1.54. The molecule has 1 aromatic heterocycles. The molecule has 1 atom stereocenters. The summed E-state index contributed by atoms with van der Waals surface area (Å²) in [6.07, 6.45) is -0.184. The zero-order valence-corrected chi connectivity index (χ0v) is 15.9. The molecule has 6 heteroatoms. The van der Waals surface area contributed by atoms with E-state index in [1.165, 1.54) is 4.90 Å². The van der Waals surface area contributed by atoms with Gasteiger partial charge in [0.05, 0.1) is 18.8 Å². The van der Waals surface area contributed by atoms with Crippen LogP contribution in [-0.2, 0) is 0 Å². The van der Waals surface area contributed by atoms with Gasteiger partial charge < -0.3 is 19.0 Å². The summed E-state index contributed by atoms with van der Waals surface area (Å²) in [4.78, 5) is 28.9. The largest absolute Gasteiger partial charge is 0.485 e. The molecule has 3 aromatic rings. The van der Waals surface area contributed by atoms with E-state index < -0.39 is 5.63 Å². The Bertz CT molecular complexity index is 1080. The molecule has 0 bridgehead atoms. The number of carbonyl (C=O) groups excluding carboxylic acids is 1. The zero-order chi connectivity index (χ0) is 19.7. The van der Waals surface area contributed by atoms with Gasteiger partial charge in [0, 0.05) is 19.0 Å². The molecule has 0 unspecified atom stereocenters. The summed E-state index contributed by atoms with van der Waals surface area (Å²) in [5.74, 6) is 0.441. The minimum atomic E-state index is -0.624. The first-order valence-corrected chi connectivity index (χ1v) is 9.36. The number of likely N-dealkylation sites (N-methyl/N-ethyl adjacent to an activating group) is 2. The molecule has 0 N–H and O–H groups in total. The predicted molar refractivity (Wildman–Crippen MR) is 108 cm³/mol. The highest BCUT2D eigenvalue weighted by atomic mass is 16.5. The highest BCUT2D eigenvalue weighted by molar-refractivity contribution is 5.96. The van der Waals surface area contributed by atoms with E-state index in [1.54, 1.807) is 25.2 Å². The molecule has 6 nitrogen and oxygen atoms in total. The van der Waals surface area contributed by atoms with E-state index in [9.17, 15) is 9.59 Å². The second-order valence-corrected chi connectivity index (χ2v) is 6.92. The highest BCUT2D eigenvalue weighted by Gasteiger charge is 2.28. The van der Waals surface area contributed by atoms with Crippen LogP contribution in [0.1, 0.15) is 17.3 Å². The first-order valence-electron chi connectivity index (χ1n) is 9.36. The van der Waals surface area contributed by atoms with Gasteiger partial charge in [-0.05, 0) is 31.2 Å². The van der Waals surface area contributed by atoms with Crippen LogP contribution in [0.15, 0.2) is 63.8 Å². The van der Waals surface area contributed by atoms with Gasteiger partial charge in [-0.3, -0.25) is 4.79 Å². The molecule has 2 aromatic carbocycles. The zero-order valence-electron chi connectivity index (χ0n) is 15.9. The molecular formula is C22H22N2O4. The number of amides is 1. The first-order chi connectivity index (χ1) is 13.6. The number of hydrogen-bond donors (Lipinski definition) is 0. The van der Waals surface area contributed by atoms with E-state index in [1.807, 2.05) is 36.4 Å². The van der Waals surface area contributed by atoms with Gasteiger partial charge in [0.2, 0.25) is 0 Å². The number of anilines is 1. The molecule has 2 heterocycles. The summed E-state index contributed by atoms with van der Waals surface area (Å²) < 4.78 is 11.4. The van der Waals surface area contributed by atoms with E-state index in [4.69, 9.17) is 9.15 Å². The number of nitrogens with zero attached hydrogens (tertiary/aromatic N) is 2. The van der Waals surface area contributed by atoms with Gasteiger partial charge in [0.25, 0.3) is 5.91 Å². The number of benzene rings is 2. The Labute approximate surface area is 162 Å². The number of rotatable bonds is 4. The van der Waals surface area contributed by atoms with Gasteiger partial charge in [0.1, 0.15) is 23.0 Å². The molecule has 1 aliphatic heterocycles. The quantitative estimate of drug-likeness (QED) is 0.653. The Morgan fingerprint density at radius 2 is 1.93 bits per heavy atom. The van der Waals surface area contributed by atoms with Gasteiger partial charge in [-0.25, -0.2) is 4.79 Å². The standard InChI is InChI=1S/C22H22N2O4/c1-3-24-14-16(27-20-11-7-5-9-18(20)24)13-23(2)21(25)17-12-15-8-4-6-10-19(15)28-22(17)26/h4-12,16H,3,13-14H2,1-2H3/t16-/m1/s1. The summed E-state index contributed by atoms with van der Waals surface area (Å²) in [6, 6.07) is 16.6. The van der Waals surface area contributed by atoms with Crippen molar-refractivity contribution in [2.24, 2.45) is 0 Å². The van der Waals surface area contributed by atoms with Crippen molar-refractivity contribution in [3.05, 3.63) is 70.6 Å². The van der Waals surface area contributed by atoms with Crippen LogP contribution in [0.5, 0.6) is 5.75 Å². The summed E-state index contributed by atoms with van der Waals surface area (Å²) >= 11 is 0. The fraction of sp³-hybridized carbons (Fsp3) is 0.273. The lowest BCUT2D eigenvalue weighted by molar-refractivity contribution is 0.0705. The van der Waals surface area contributed by atoms with Crippen molar-refractivity contribution in [2.45, 2.75) is 13.0 Å². The third-order valence-corrected chi connectivity index (χ3v) is 5.00. The van der Waals surface area contributed by atoms with Gasteiger partial charge in [0.15, 0.2) is 0 Å². The third-order valence-electron chi connectivity index (χ3n) is 5.00. The number of hydrogen-bond acceptors (Lipinski definition) is 5. The van der Waals surface area contributed by atoms with Gasteiger partial charge in [-0.1, -0.05) is 30.3 Å². The second-order valence-electron chi connectivity index (χ2n) is 6.92. The van der Waals surface area contributed by atoms with Crippen molar-refractivity contribution in [3.63, 3.8) is 0 Å². The van der Waals surface area contributed by atoms with Crippen LogP contribution in [0.25, 0.3) is 11.0 Å². The monoisotopic (exact) mass is 378 g/mol. The highest BCUT2D eigenvalue weighted by Crippen LogP contribution is 2.32. The van der Waals surface area contributed by atoms with E-state index in [0.717, 1.165) is 23.4 Å². The van der Waals surface area contributed by atoms with E-state index in [2.05, 4.69) is 11.8 Å². The lowest BCUT2D eigenvalue weighted by Gasteiger charge is -2.37. The van der Waals surface area contributed by atoms with Crippen molar-refractivity contribution in [2.75, 3.05) is 31.6 Å². The smallest absolute Gasteiger partial charge is 0.349 e. The number of para-hydroxylation sites is 3. The average Bonchev–Trinajstić information content (AvgIpc) is 2.72. The molecule has 0 radical (unpaired) electrons. The van der Waals surface area contributed by atoms with Crippen LogP contribution in [0.3, 0.4) is 0 Å². The fourth-order valence-corrected chi connectivity index (χ4v) is 3.58. The number of ether oxygens (including phenoxy) is 1. The molecule has 4 rings (SSSR count). The Morgan fingerprint density at radius 1 is 1.18 bits per heavy atom. The van der Waals surface area contributed by atoms with Crippen LogP contribution in [0.2, 0.25) is 0 Å². The van der Waals surface area contributed by atoms with Crippen molar-refractivity contribution in [1.82, 2.24) is 4.90 Å². The van der Waals surface area contributed by atoms with Crippen LogP contribution in [-0.4, -0.2) is 43.6 Å². The van der Waals surface area contributed by atoms with Crippen LogP contribution >= 0.6 is 0 Å². The molecule has 1 aliphatic rings. The topological polar surface area (TPSA) is 63.0 Å². The normalized spacial score (nSPS) is 15.8. The van der Waals surface area contributed by atoms with Crippen molar-refractivity contribution < 1.29 is 13.9 Å². The SMILES string of the molecule is CCN1C[C@@H](CN(C)C(=O)c2cc3ccccc3oc2=O)Oc2ccccc21. The molecule has 0 saturated carbocycles. The van der Waals surface area contributed by atoms with Gasteiger partial charge in [-0.2, -0.15) is 0 Å². The van der Waals surface area contributed by atoms with E-state index >= 15 is 0 Å². The maximum Gasteiger partial charge on any atom is 0.349 e. The molecule has 0 fully saturated rings. The van der Waals surface area contributed by atoms with Crippen molar-refractivity contribution in [1.29, 1.82) is 0 Å². The lowest BCUT2D eigenvalue weighted by Crippen LogP contribution is -2.47.